The van der Waals surface area contributed by atoms with Crippen LogP contribution in [0.3, 0.4) is 0 Å². The van der Waals surface area contributed by atoms with Gasteiger partial charge < -0.3 is 4.42 Å². The zero-order valence-corrected chi connectivity index (χ0v) is 31.0. The van der Waals surface area contributed by atoms with Crippen LogP contribution in [-0.4, -0.2) is 15.0 Å². The summed E-state index contributed by atoms with van der Waals surface area (Å²) in [5, 5.41) is 3.30. The van der Waals surface area contributed by atoms with Crippen molar-refractivity contribution in [2.45, 2.75) is 19.3 Å². The molecular formula is C52H35N3O. The number of para-hydroxylation sites is 1. The molecule has 0 amide bonds. The van der Waals surface area contributed by atoms with Gasteiger partial charge >= 0.3 is 0 Å². The van der Waals surface area contributed by atoms with Crippen molar-refractivity contribution in [1.82, 2.24) is 15.0 Å². The van der Waals surface area contributed by atoms with Crippen molar-refractivity contribution in [3.63, 3.8) is 0 Å². The number of pyridine rings is 1. The van der Waals surface area contributed by atoms with E-state index in [2.05, 4.69) is 141 Å². The second-order valence-corrected chi connectivity index (χ2v) is 15.2. The summed E-state index contributed by atoms with van der Waals surface area (Å²) in [7, 11) is 0. The Morgan fingerprint density at radius 3 is 2.02 bits per heavy atom. The van der Waals surface area contributed by atoms with E-state index in [0.29, 0.717) is 5.82 Å². The topological polar surface area (TPSA) is 51.8 Å². The summed E-state index contributed by atoms with van der Waals surface area (Å²) >= 11 is 0. The average molecular weight is 718 g/mol. The smallest absolute Gasteiger partial charge is 0.160 e. The highest BCUT2D eigenvalue weighted by Gasteiger charge is 2.35. The molecule has 1 aliphatic rings. The summed E-state index contributed by atoms with van der Waals surface area (Å²) in [5.41, 5.74) is 17.0. The zero-order chi connectivity index (χ0) is 37.4. The molecule has 11 rings (SSSR count). The molecule has 0 aliphatic heterocycles. The van der Waals surface area contributed by atoms with Gasteiger partial charge in [0.05, 0.1) is 16.9 Å². The molecule has 0 unspecified atom stereocenters. The molecule has 0 radical (unpaired) electrons. The molecule has 264 valence electrons. The van der Waals surface area contributed by atoms with E-state index in [1.165, 1.54) is 22.3 Å². The quantitative estimate of drug-likeness (QED) is 0.178. The van der Waals surface area contributed by atoms with Crippen LogP contribution < -0.4 is 0 Å². The lowest BCUT2D eigenvalue weighted by Crippen LogP contribution is -2.14. The number of fused-ring (bicyclic) bond motifs is 7. The lowest BCUT2D eigenvalue weighted by Gasteiger charge is -2.21. The van der Waals surface area contributed by atoms with Gasteiger partial charge in [-0.15, -0.1) is 0 Å². The molecule has 4 nitrogen and oxygen atoms in total. The highest BCUT2D eigenvalue weighted by molar-refractivity contribution is 6.06. The Kier molecular flexibility index (Phi) is 7.17. The predicted molar refractivity (Wildman–Crippen MR) is 229 cm³/mol. The van der Waals surface area contributed by atoms with Gasteiger partial charge in [-0.2, -0.15) is 0 Å². The number of rotatable bonds is 5. The van der Waals surface area contributed by atoms with Gasteiger partial charge in [0.2, 0.25) is 0 Å². The van der Waals surface area contributed by atoms with E-state index in [9.17, 15) is 0 Å². The van der Waals surface area contributed by atoms with Crippen LogP contribution in [-0.2, 0) is 5.41 Å². The van der Waals surface area contributed by atoms with E-state index in [1.54, 1.807) is 0 Å². The summed E-state index contributed by atoms with van der Waals surface area (Å²) in [5.74, 6) is 0.667. The van der Waals surface area contributed by atoms with Gasteiger partial charge in [0, 0.05) is 44.5 Å². The first-order valence-electron chi connectivity index (χ1n) is 19.1. The van der Waals surface area contributed by atoms with E-state index in [1.807, 2.05) is 48.7 Å². The number of hydrogen-bond acceptors (Lipinski definition) is 4. The second-order valence-electron chi connectivity index (χ2n) is 15.2. The van der Waals surface area contributed by atoms with Crippen molar-refractivity contribution in [1.29, 1.82) is 0 Å². The van der Waals surface area contributed by atoms with E-state index in [0.717, 1.165) is 83.2 Å². The summed E-state index contributed by atoms with van der Waals surface area (Å²) in [4.78, 5) is 15.2. The number of benzene rings is 7. The molecule has 0 fully saturated rings. The van der Waals surface area contributed by atoms with Crippen LogP contribution in [0.2, 0.25) is 0 Å². The molecule has 4 heteroatoms. The lowest BCUT2D eigenvalue weighted by molar-refractivity contribution is 0.660. The van der Waals surface area contributed by atoms with Crippen LogP contribution >= 0.6 is 0 Å². The fourth-order valence-corrected chi connectivity index (χ4v) is 8.70. The minimum atomic E-state index is -0.0655. The van der Waals surface area contributed by atoms with Crippen molar-refractivity contribution in [3.05, 3.63) is 187 Å². The van der Waals surface area contributed by atoms with Crippen molar-refractivity contribution < 1.29 is 4.42 Å². The first-order valence-corrected chi connectivity index (χ1v) is 19.1. The molecule has 7 aromatic carbocycles. The van der Waals surface area contributed by atoms with Gasteiger partial charge in [-0.1, -0.05) is 123 Å². The third-order valence-electron chi connectivity index (χ3n) is 11.5. The zero-order valence-electron chi connectivity index (χ0n) is 31.0. The van der Waals surface area contributed by atoms with Crippen LogP contribution in [0.4, 0.5) is 0 Å². The molecule has 0 N–H and O–H groups in total. The Balaban J connectivity index is 1.14. The Bertz CT molecular complexity index is 3170. The number of aromatic nitrogens is 3. The van der Waals surface area contributed by atoms with Gasteiger partial charge in [0.25, 0.3) is 0 Å². The minimum Gasteiger partial charge on any atom is -0.456 e. The molecule has 0 spiro atoms. The standard InChI is InChI=1S/C52H35N3O/c1-52(2)44-18-8-6-14-39(44)43-29-33(22-24-45(43)52)35-26-36(38-16-10-19-46-40(38)17-11-25-53-46)28-37(27-35)48-31-47(54-51(55-48)32-12-4-3-5-13-32)34-21-23-42-41-15-7-9-20-49(41)56-50(42)30-34/h3-31H,1-2H3. The van der Waals surface area contributed by atoms with Crippen LogP contribution in [0.25, 0.3) is 100 Å². The number of hydrogen-bond donors (Lipinski definition) is 0. The maximum atomic E-state index is 6.33. The maximum Gasteiger partial charge on any atom is 0.160 e. The normalized spacial score (nSPS) is 13.0. The minimum absolute atomic E-state index is 0.0655. The van der Waals surface area contributed by atoms with E-state index < -0.39 is 0 Å². The number of furan rings is 1. The van der Waals surface area contributed by atoms with E-state index >= 15 is 0 Å². The number of nitrogens with zero attached hydrogens (tertiary/aromatic N) is 3. The van der Waals surface area contributed by atoms with Gasteiger partial charge in [0.1, 0.15) is 11.2 Å². The average Bonchev–Trinajstić information content (AvgIpc) is 3.74. The SMILES string of the molecule is CC1(C)c2ccccc2-c2cc(-c3cc(-c4cc(-c5ccc6c(c5)oc5ccccc56)nc(-c5ccccc5)n4)cc(-c4cccc5ncccc45)c3)ccc21. The molecule has 3 heterocycles. The first-order chi connectivity index (χ1) is 27.5. The van der Waals surface area contributed by atoms with Crippen LogP contribution in [0.15, 0.2) is 180 Å². The van der Waals surface area contributed by atoms with Gasteiger partial charge in [-0.05, 0) is 105 Å². The lowest BCUT2D eigenvalue weighted by atomic mass is 9.82. The van der Waals surface area contributed by atoms with Crippen molar-refractivity contribution in [3.8, 4) is 67.3 Å². The molecule has 10 aromatic rings. The Hall–Kier alpha value is -7.17. The molecule has 0 bridgehead atoms. The van der Waals surface area contributed by atoms with E-state index in [-0.39, 0.29) is 5.41 Å². The highest BCUT2D eigenvalue weighted by atomic mass is 16.3. The Morgan fingerprint density at radius 2 is 1.11 bits per heavy atom. The fourth-order valence-electron chi connectivity index (χ4n) is 8.70. The largest absolute Gasteiger partial charge is 0.456 e. The summed E-state index contributed by atoms with van der Waals surface area (Å²) in [6.07, 6.45) is 1.86. The fraction of sp³-hybridized carbons (Fsp3) is 0.0577. The summed E-state index contributed by atoms with van der Waals surface area (Å²) < 4.78 is 6.33. The van der Waals surface area contributed by atoms with Gasteiger partial charge in [-0.3, -0.25) is 4.98 Å². The van der Waals surface area contributed by atoms with Gasteiger partial charge in [0.15, 0.2) is 5.82 Å². The second kappa shape index (κ2) is 12.4. The molecule has 0 saturated heterocycles. The summed E-state index contributed by atoms with van der Waals surface area (Å²) in [6.45, 7) is 4.65. The molecular weight excluding hydrogens is 683 g/mol. The molecule has 1 aliphatic carbocycles. The predicted octanol–water partition coefficient (Wildman–Crippen LogP) is 13.6. The molecule has 0 atom stereocenters. The van der Waals surface area contributed by atoms with Gasteiger partial charge in [-0.25, -0.2) is 9.97 Å². The third-order valence-corrected chi connectivity index (χ3v) is 11.5. The van der Waals surface area contributed by atoms with Crippen LogP contribution in [0.1, 0.15) is 25.0 Å². The van der Waals surface area contributed by atoms with E-state index in [4.69, 9.17) is 19.4 Å². The van der Waals surface area contributed by atoms with Crippen LogP contribution in [0, 0.1) is 0 Å². The summed E-state index contributed by atoms with van der Waals surface area (Å²) in [6, 6.07) is 60.1. The monoisotopic (exact) mass is 717 g/mol. The van der Waals surface area contributed by atoms with Crippen LogP contribution in [0.5, 0.6) is 0 Å². The molecule has 0 saturated carbocycles. The molecule has 56 heavy (non-hydrogen) atoms. The Labute approximate surface area is 324 Å². The maximum absolute atomic E-state index is 6.33. The van der Waals surface area contributed by atoms with Crippen molar-refractivity contribution in [2.24, 2.45) is 0 Å². The highest BCUT2D eigenvalue weighted by Crippen LogP contribution is 2.50. The van der Waals surface area contributed by atoms with Crippen molar-refractivity contribution >= 4 is 32.8 Å². The third kappa shape index (κ3) is 5.18. The molecule has 3 aromatic heterocycles. The Morgan fingerprint density at radius 1 is 0.411 bits per heavy atom. The first kappa shape index (κ1) is 32.3. The van der Waals surface area contributed by atoms with Crippen molar-refractivity contribution in [2.75, 3.05) is 0 Å².